The lowest BCUT2D eigenvalue weighted by Gasteiger charge is -2.42. The number of aromatic hydroxyl groups is 2. The molecule has 2 aromatic carbocycles. The number of hydrogen-bond acceptors (Lipinski definition) is 13. The van der Waals surface area contributed by atoms with Gasteiger partial charge in [-0.25, -0.2) is 0 Å². The summed E-state index contributed by atoms with van der Waals surface area (Å²) in [7, 11) is 1.33. The fourth-order valence-electron chi connectivity index (χ4n) is 6.83. The summed E-state index contributed by atoms with van der Waals surface area (Å²) in [4.78, 5) is 53.5. The van der Waals surface area contributed by atoms with E-state index in [1.165, 1.54) is 25.3 Å². The van der Waals surface area contributed by atoms with Crippen molar-refractivity contribution in [2.24, 2.45) is 5.73 Å². The van der Waals surface area contributed by atoms with Crippen LogP contribution >= 0.6 is 0 Å². The van der Waals surface area contributed by atoms with Crippen LogP contribution in [0.1, 0.15) is 114 Å². The van der Waals surface area contributed by atoms with Crippen LogP contribution in [-0.2, 0) is 30.2 Å². The molecule has 48 heavy (non-hydrogen) atoms. The zero-order valence-corrected chi connectivity index (χ0v) is 27.3. The molecule has 2 aliphatic carbocycles. The molecule has 1 saturated heterocycles. The number of carbonyl (C=O) groups is 4. The normalized spacial score (nSPS) is 26.3. The van der Waals surface area contributed by atoms with Gasteiger partial charge >= 0.3 is 5.97 Å². The van der Waals surface area contributed by atoms with Gasteiger partial charge in [-0.2, -0.15) is 0 Å². The van der Waals surface area contributed by atoms with Gasteiger partial charge in [0.25, 0.3) is 0 Å². The van der Waals surface area contributed by atoms with Gasteiger partial charge in [0, 0.05) is 48.4 Å². The Bertz CT molecular complexity index is 1590. The number of phenolic OH excluding ortho intramolecular Hbond substituents is 2. The summed E-state index contributed by atoms with van der Waals surface area (Å²) >= 11 is 0. The van der Waals surface area contributed by atoms with E-state index in [0.717, 1.165) is 25.7 Å². The minimum atomic E-state index is -2.29. The molecule has 0 unspecified atom stereocenters. The number of benzene rings is 2. The fraction of sp³-hybridized carbons (Fsp3) is 0.543. The second kappa shape index (κ2) is 14.3. The number of ether oxygens (including phenoxy) is 4. The van der Waals surface area contributed by atoms with E-state index in [9.17, 15) is 39.6 Å². The van der Waals surface area contributed by atoms with Gasteiger partial charge in [0.2, 0.25) is 11.6 Å². The molecule has 13 heteroatoms. The molecule has 6 N–H and O–H groups in total. The van der Waals surface area contributed by atoms with Crippen LogP contribution in [0.2, 0.25) is 0 Å². The van der Waals surface area contributed by atoms with Crippen molar-refractivity contribution in [3.8, 4) is 17.2 Å². The summed E-state index contributed by atoms with van der Waals surface area (Å²) in [6.45, 7) is 2.90. The molecule has 1 fully saturated rings. The highest BCUT2D eigenvalue weighted by Crippen LogP contribution is 2.52. The smallest absolute Gasteiger partial charge is 0.306 e. The molecule has 2 aromatic rings. The van der Waals surface area contributed by atoms with Crippen LogP contribution in [0.4, 0.5) is 0 Å². The first-order valence-corrected chi connectivity index (χ1v) is 16.4. The lowest BCUT2D eigenvalue weighted by Crippen LogP contribution is -2.53. The Balaban J connectivity index is 1.51. The largest absolute Gasteiger partial charge is 0.507 e. The summed E-state index contributed by atoms with van der Waals surface area (Å²) in [5, 5.41) is 45.4. The predicted molar refractivity (Wildman–Crippen MR) is 169 cm³/mol. The molecule has 0 saturated carbocycles. The molecule has 1 heterocycles. The Morgan fingerprint density at radius 3 is 2.44 bits per heavy atom. The van der Waals surface area contributed by atoms with E-state index in [4.69, 9.17) is 24.7 Å². The first kappa shape index (κ1) is 35.4. The number of ketones is 3. The Morgan fingerprint density at radius 1 is 1.04 bits per heavy atom. The average molecular weight is 670 g/mol. The third kappa shape index (κ3) is 6.57. The van der Waals surface area contributed by atoms with Crippen molar-refractivity contribution in [3.05, 3.63) is 51.6 Å². The van der Waals surface area contributed by atoms with Gasteiger partial charge in [0.15, 0.2) is 18.7 Å². The molecule has 0 spiro atoms. The average Bonchev–Trinajstić information content (AvgIpc) is 3.05. The van der Waals surface area contributed by atoms with Crippen molar-refractivity contribution < 1.29 is 58.6 Å². The highest BCUT2D eigenvalue weighted by atomic mass is 16.7. The molecule has 13 nitrogen and oxygen atoms in total. The molecule has 0 radical (unpaired) electrons. The van der Waals surface area contributed by atoms with Crippen molar-refractivity contribution in [3.63, 3.8) is 0 Å². The van der Waals surface area contributed by atoms with E-state index in [2.05, 4.69) is 6.92 Å². The van der Waals surface area contributed by atoms with Crippen molar-refractivity contribution in [2.45, 2.75) is 108 Å². The maximum absolute atomic E-state index is 13.9. The zero-order chi connectivity index (χ0) is 34.9. The van der Waals surface area contributed by atoms with E-state index in [1.807, 2.05) is 0 Å². The topological polar surface area (TPSA) is 212 Å². The van der Waals surface area contributed by atoms with Gasteiger partial charge in [0.05, 0.1) is 42.1 Å². The molecule has 6 atom stereocenters. The Hall–Kier alpha value is -3.88. The fourth-order valence-corrected chi connectivity index (χ4v) is 6.83. The number of aliphatic hydroxyl groups is 2. The van der Waals surface area contributed by atoms with Gasteiger partial charge in [-0.05, 0) is 19.4 Å². The molecule has 3 aliphatic rings. The molecule has 0 amide bonds. The number of methoxy groups -OCH3 is 1. The number of Topliss-reactive ketones (excluding diaryl/α,β-unsaturated/α-hetero) is 1. The SMILES string of the molecule is CCCCCCCC(=O)OCC(=O)[C@@]1(O)Cc2c(O)c3c(c(O)c2[C@H](O[C@@H]2C[C@H](N)[C@H](O)[C@H](C)O2)C1)C(=O)c1c(OC)cccc1C3=O. The summed E-state index contributed by atoms with van der Waals surface area (Å²) in [5.74, 6) is -4.33. The lowest BCUT2D eigenvalue weighted by atomic mass is 9.72. The van der Waals surface area contributed by atoms with Crippen LogP contribution in [0.25, 0.3) is 0 Å². The molecular weight excluding hydrogens is 626 g/mol. The Kier molecular flexibility index (Phi) is 10.6. The summed E-state index contributed by atoms with van der Waals surface area (Å²) in [6, 6.07) is 3.63. The van der Waals surface area contributed by atoms with Crippen LogP contribution < -0.4 is 10.5 Å². The van der Waals surface area contributed by atoms with Gasteiger partial charge in [-0.3, -0.25) is 19.2 Å². The highest BCUT2D eigenvalue weighted by molar-refractivity contribution is 6.31. The predicted octanol–water partition coefficient (Wildman–Crippen LogP) is 2.91. The van der Waals surface area contributed by atoms with Gasteiger partial charge < -0.3 is 45.1 Å². The third-order valence-corrected chi connectivity index (χ3v) is 9.51. The molecule has 5 rings (SSSR count). The van der Waals surface area contributed by atoms with E-state index in [0.29, 0.717) is 6.42 Å². The van der Waals surface area contributed by atoms with Crippen LogP contribution in [0.5, 0.6) is 17.2 Å². The second-order valence-electron chi connectivity index (χ2n) is 12.8. The van der Waals surface area contributed by atoms with Crippen LogP contribution in [-0.4, -0.2) is 87.6 Å². The van der Waals surface area contributed by atoms with Crippen molar-refractivity contribution in [1.82, 2.24) is 0 Å². The quantitative estimate of drug-likeness (QED) is 0.107. The van der Waals surface area contributed by atoms with Gasteiger partial charge in [-0.15, -0.1) is 0 Å². The first-order valence-electron chi connectivity index (χ1n) is 16.4. The minimum absolute atomic E-state index is 0.000735. The molecule has 0 bridgehead atoms. The number of aliphatic hydroxyl groups excluding tert-OH is 1. The van der Waals surface area contributed by atoms with Crippen LogP contribution in [0.15, 0.2) is 18.2 Å². The summed E-state index contributed by atoms with van der Waals surface area (Å²) in [6.07, 6.45) is -0.679. The number of esters is 1. The number of phenols is 2. The zero-order valence-electron chi connectivity index (χ0n) is 27.3. The van der Waals surface area contributed by atoms with E-state index in [-0.39, 0.29) is 40.8 Å². The molecule has 260 valence electrons. The first-order chi connectivity index (χ1) is 22.8. The van der Waals surface area contributed by atoms with Crippen molar-refractivity contribution >= 4 is 23.3 Å². The summed E-state index contributed by atoms with van der Waals surface area (Å²) in [5.41, 5.74) is 2.37. The number of carbonyl (C=O) groups excluding carboxylic acids is 4. The van der Waals surface area contributed by atoms with Crippen LogP contribution in [0.3, 0.4) is 0 Å². The maximum Gasteiger partial charge on any atom is 0.306 e. The van der Waals surface area contributed by atoms with E-state index in [1.54, 1.807) is 6.92 Å². The van der Waals surface area contributed by atoms with Crippen LogP contribution in [0, 0.1) is 0 Å². The van der Waals surface area contributed by atoms with E-state index < -0.39 is 102 Å². The third-order valence-electron chi connectivity index (χ3n) is 9.51. The number of nitrogens with two attached hydrogens (primary N) is 1. The summed E-state index contributed by atoms with van der Waals surface area (Å²) < 4.78 is 22.5. The van der Waals surface area contributed by atoms with E-state index >= 15 is 0 Å². The number of hydrogen-bond donors (Lipinski definition) is 5. The number of unbranched alkanes of at least 4 members (excludes halogenated alkanes) is 4. The highest BCUT2D eigenvalue weighted by Gasteiger charge is 2.50. The minimum Gasteiger partial charge on any atom is -0.507 e. The van der Waals surface area contributed by atoms with Crippen molar-refractivity contribution in [1.29, 1.82) is 0 Å². The van der Waals surface area contributed by atoms with Gasteiger partial charge in [0.1, 0.15) is 22.8 Å². The second-order valence-corrected chi connectivity index (χ2v) is 12.8. The van der Waals surface area contributed by atoms with Crippen molar-refractivity contribution in [2.75, 3.05) is 13.7 Å². The standard InChI is InChI=1S/C35H43NO12/c1-4-5-6-7-8-12-24(38)46-16-23(37)35(44)14-19-27(22(15-35)48-25-13-20(36)30(39)17(2)47-25)34(43)29-28(32(19)41)31(40)18-10-9-11-21(45-3)26(18)33(29)42/h9-11,17,20,22,25,30,39,41,43-44H,4-8,12-16,36H2,1-3H3/t17-,20-,22+,25+,30+,35+/m0/s1. The molecule has 1 aliphatic heterocycles. The van der Waals surface area contributed by atoms with Gasteiger partial charge in [-0.1, -0.05) is 44.7 Å². The Labute approximate surface area is 277 Å². The molecular formula is C35H43NO12. The number of fused-ring (bicyclic) bond motifs is 3. The maximum atomic E-state index is 13.9. The molecule has 0 aromatic heterocycles. The monoisotopic (exact) mass is 669 g/mol. The Morgan fingerprint density at radius 2 is 1.75 bits per heavy atom. The lowest BCUT2D eigenvalue weighted by molar-refractivity contribution is -0.247. The number of rotatable bonds is 12.